The third-order valence-electron chi connectivity index (χ3n) is 2.71. The fourth-order valence-electron chi connectivity index (χ4n) is 1.85. The van der Waals surface area contributed by atoms with E-state index in [0.717, 1.165) is 22.7 Å². The van der Waals surface area contributed by atoms with E-state index in [1.807, 2.05) is 57.2 Å². The smallest absolute Gasteiger partial charge is 0.215 e. The predicted octanol–water partition coefficient (Wildman–Crippen LogP) is 1.09. The number of rotatable bonds is 2. The summed E-state index contributed by atoms with van der Waals surface area (Å²) in [6.07, 6.45) is 0. The van der Waals surface area contributed by atoms with E-state index in [0.29, 0.717) is 5.88 Å². The topological polar surface area (TPSA) is 39.4 Å². The Kier molecular flexibility index (Phi) is 2.52. The largest absolute Gasteiger partial charge is 0.440 e. The molecule has 0 aliphatic rings. The van der Waals surface area contributed by atoms with Crippen LogP contribution in [0.4, 0.5) is 0 Å². The van der Waals surface area contributed by atoms with Crippen LogP contribution in [0.25, 0.3) is 5.65 Å². The summed E-state index contributed by atoms with van der Waals surface area (Å²) in [6, 6.07) is 13.6. The van der Waals surface area contributed by atoms with Crippen LogP contribution >= 0.6 is 0 Å². The van der Waals surface area contributed by atoms with Gasteiger partial charge in [-0.05, 0) is 30.6 Å². The maximum atomic E-state index is 5.90. The standard InChI is InChI=1S/C13H12BN3O/c1-9-15-12-8-7-11(14)13(17(12)16-9)18-10-5-3-2-4-6-10/h2-8H,14H2,1H3. The molecule has 2 aromatic heterocycles. The quantitative estimate of drug-likeness (QED) is 0.626. The van der Waals surface area contributed by atoms with Crippen molar-refractivity contribution in [1.82, 2.24) is 14.6 Å². The summed E-state index contributed by atoms with van der Waals surface area (Å²) in [7, 11) is 1.99. The molecule has 3 aromatic rings. The van der Waals surface area contributed by atoms with Gasteiger partial charge < -0.3 is 4.74 Å². The van der Waals surface area contributed by atoms with Crippen LogP contribution in [0.15, 0.2) is 42.5 Å². The molecule has 0 fully saturated rings. The van der Waals surface area contributed by atoms with Gasteiger partial charge in [0, 0.05) is 0 Å². The van der Waals surface area contributed by atoms with Gasteiger partial charge in [-0.25, -0.2) is 4.98 Å². The Labute approximate surface area is 106 Å². The minimum atomic E-state index is 0.708. The summed E-state index contributed by atoms with van der Waals surface area (Å²) in [4.78, 5) is 4.33. The average molecular weight is 237 g/mol. The number of hydrogen-bond donors (Lipinski definition) is 0. The number of aryl methyl sites for hydroxylation is 1. The number of benzene rings is 1. The van der Waals surface area contributed by atoms with Crippen molar-refractivity contribution in [3.05, 3.63) is 48.3 Å². The maximum absolute atomic E-state index is 5.90. The van der Waals surface area contributed by atoms with Crippen LogP contribution in [0.5, 0.6) is 11.6 Å². The molecular formula is C13H12BN3O. The first-order valence-electron chi connectivity index (χ1n) is 5.80. The molecule has 0 atom stereocenters. The second-order valence-electron chi connectivity index (χ2n) is 4.17. The van der Waals surface area contributed by atoms with Gasteiger partial charge in [0.15, 0.2) is 5.65 Å². The van der Waals surface area contributed by atoms with Crippen molar-refractivity contribution >= 4 is 19.0 Å². The molecule has 0 radical (unpaired) electrons. The van der Waals surface area contributed by atoms with E-state index in [1.165, 1.54) is 0 Å². The number of fused-ring (bicyclic) bond motifs is 1. The van der Waals surface area contributed by atoms with E-state index < -0.39 is 0 Å². The van der Waals surface area contributed by atoms with Crippen molar-refractivity contribution in [3.63, 3.8) is 0 Å². The van der Waals surface area contributed by atoms with Gasteiger partial charge in [-0.15, -0.1) is 5.10 Å². The molecule has 0 bridgehead atoms. The Balaban J connectivity index is 2.13. The highest BCUT2D eigenvalue weighted by atomic mass is 16.5. The molecule has 2 heterocycles. The Morgan fingerprint density at radius 1 is 1.11 bits per heavy atom. The number of pyridine rings is 1. The van der Waals surface area contributed by atoms with Gasteiger partial charge in [0.25, 0.3) is 0 Å². The zero-order valence-corrected chi connectivity index (χ0v) is 10.3. The zero-order valence-electron chi connectivity index (χ0n) is 10.3. The number of nitrogens with zero attached hydrogens (tertiary/aromatic N) is 3. The maximum Gasteiger partial charge on any atom is 0.215 e. The third-order valence-corrected chi connectivity index (χ3v) is 2.71. The molecular weight excluding hydrogens is 225 g/mol. The molecule has 1 aromatic carbocycles. The summed E-state index contributed by atoms with van der Waals surface area (Å²) >= 11 is 0. The highest BCUT2D eigenvalue weighted by Gasteiger charge is 2.09. The van der Waals surface area contributed by atoms with Crippen molar-refractivity contribution in [2.45, 2.75) is 6.92 Å². The molecule has 0 unspecified atom stereocenters. The Bertz CT molecular complexity index is 694. The third kappa shape index (κ3) is 1.84. The lowest BCUT2D eigenvalue weighted by atomic mass is 9.98. The van der Waals surface area contributed by atoms with Crippen molar-refractivity contribution in [2.24, 2.45) is 0 Å². The highest BCUT2D eigenvalue weighted by Crippen LogP contribution is 2.19. The van der Waals surface area contributed by atoms with Crippen LogP contribution in [-0.4, -0.2) is 22.4 Å². The molecule has 0 saturated carbocycles. The fraction of sp³-hybridized carbons (Fsp3) is 0.0769. The molecule has 5 heteroatoms. The van der Waals surface area contributed by atoms with Crippen molar-refractivity contribution in [1.29, 1.82) is 0 Å². The van der Waals surface area contributed by atoms with E-state index in [4.69, 9.17) is 4.74 Å². The Morgan fingerprint density at radius 3 is 2.67 bits per heavy atom. The summed E-state index contributed by atoms with van der Waals surface area (Å²) in [5.74, 6) is 2.24. The van der Waals surface area contributed by atoms with E-state index in [9.17, 15) is 0 Å². The number of hydrogen-bond acceptors (Lipinski definition) is 3. The Hall–Kier alpha value is -2.30. The lowest BCUT2D eigenvalue weighted by Gasteiger charge is -2.09. The molecule has 4 nitrogen and oxygen atoms in total. The summed E-state index contributed by atoms with van der Waals surface area (Å²) in [5.41, 5.74) is 1.82. The van der Waals surface area contributed by atoms with Crippen LogP contribution < -0.4 is 10.2 Å². The molecule has 3 rings (SSSR count). The monoisotopic (exact) mass is 237 g/mol. The van der Waals surface area contributed by atoms with Gasteiger partial charge in [0.1, 0.15) is 19.4 Å². The molecule has 0 aliphatic carbocycles. The summed E-state index contributed by atoms with van der Waals surface area (Å²) < 4.78 is 7.63. The summed E-state index contributed by atoms with van der Waals surface area (Å²) in [5, 5.41) is 4.35. The van der Waals surface area contributed by atoms with Gasteiger partial charge >= 0.3 is 0 Å². The van der Waals surface area contributed by atoms with Crippen molar-refractivity contribution < 1.29 is 4.74 Å². The molecule has 88 valence electrons. The lowest BCUT2D eigenvalue weighted by Crippen LogP contribution is -2.12. The molecule has 0 saturated heterocycles. The van der Waals surface area contributed by atoms with Crippen LogP contribution in [0.2, 0.25) is 0 Å². The zero-order chi connectivity index (χ0) is 12.5. The normalized spacial score (nSPS) is 10.7. The average Bonchev–Trinajstić information content (AvgIpc) is 2.75. The SMILES string of the molecule is Bc1ccc2nc(C)nn2c1Oc1ccccc1. The molecule has 0 spiro atoms. The minimum Gasteiger partial charge on any atom is -0.440 e. The van der Waals surface area contributed by atoms with E-state index in [1.54, 1.807) is 4.52 Å². The number of aromatic nitrogens is 3. The van der Waals surface area contributed by atoms with Gasteiger partial charge in [0.2, 0.25) is 5.88 Å². The molecule has 0 aliphatic heterocycles. The van der Waals surface area contributed by atoms with E-state index in [-0.39, 0.29) is 0 Å². The van der Waals surface area contributed by atoms with Gasteiger partial charge in [-0.2, -0.15) is 4.52 Å². The highest BCUT2D eigenvalue weighted by molar-refractivity contribution is 6.34. The molecule has 18 heavy (non-hydrogen) atoms. The van der Waals surface area contributed by atoms with Crippen molar-refractivity contribution in [3.8, 4) is 11.6 Å². The van der Waals surface area contributed by atoms with Crippen LogP contribution in [0.1, 0.15) is 5.82 Å². The Morgan fingerprint density at radius 2 is 1.89 bits per heavy atom. The van der Waals surface area contributed by atoms with E-state index >= 15 is 0 Å². The second kappa shape index (κ2) is 4.18. The first-order valence-corrected chi connectivity index (χ1v) is 5.80. The first-order chi connectivity index (χ1) is 8.74. The summed E-state index contributed by atoms with van der Waals surface area (Å²) in [6.45, 7) is 1.87. The predicted molar refractivity (Wildman–Crippen MR) is 72.4 cm³/mol. The molecule has 0 amide bonds. The van der Waals surface area contributed by atoms with Gasteiger partial charge in [-0.1, -0.05) is 24.3 Å². The fourth-order valence-corrected chi connectivity index (χ4v) is 1.85. The minimum absolute atomic E-state index is 0.708. The second-order valence-corrected chi connectivity index (χ2v) is 4.17. The number of para-hydroxylation sites is 1. The van der Waals surface area contributed by atoms with Crippen LogP contribution in [-0.2, 0) is 0 Å². The van der Waals surface area contributed by atoms with Crippen LogP contribution in [0, 0.1) is 6.92 Å². The van der Waals surface area contributed by atoms with Crippen LogP contribution in [0.3, 0.4) is 0 Å². The molecule has 0 N–H and O–H groups in total. The lowest BCUT2D eigenvalue weighted by molar-refractivity contribution is 0.451. The van der Waals surface area contributed by atoms with Gasteiger partial charge in [0.05, 0.1) is 0 Å². The number of ether oxygens (including phenoxy) is 1. The van der Waals surface area contributed by atoms with Crippen molar-refractivity contribution in [2.75, 3.05) is 0 Å². The first kappa shape index (κ1) is 10.8. The van der Waals surface area contributed by atoms with E-state index in [2.05, 4.69) is 10.1 Å². The van der Waals surface area contributed by atoms with Gasteiger partial charge in [-0.3, -0.25) is 0 Å².